The minimum Gasteiger partial charge on any atom is -0.496 e. The first kappa shape index (κ1) is 18.0. The summed E-state index contributed by atoms with van der Waals surface area (Å²) in [6, 6.07) is 7.68. The van der Waals surface area contributed by atoms with Crippen LogP contribution in [0.2, 0.25) is 0 Å². The normalized spacial score (nSPS) is 26.3. The number of aromatic nitrogens is 1. The van der Waals surface area contributed by atoms with Crippen LogP contribution in [0.25, 0.3) is 11.1 Å². The number of aliphatic hydroxyl groups is 3. The lowest BCUT2D eigenvalue weighted by Gasteiger charge is -2.34. The lowest BCUT2D eigenvalue weighted by Crippen LogP contribution is -2.50. The summed E-state index contributed by atoms with van der Waals surface area (Å²) < 4.78 is 11.1. The van der Waals surface area contributed by atoms with Crippen LogP contribution in [0.3, 0.4) is 0 Å². The molecule has 0 amide bonds. The van der Waals surface area contributed by atoms with Gasteiger partial charge in [0.1, 0.15) is 23.7 Å². The quantitative estimate of drug-likeness (QED) is 0.760. The van der Waals surface area contributed by atoms with Crippen molar-refractivity contribution >= 4 is 11.8 Å². The van der Waals surface area contributed by atoms with Gasteiger partial charge in [0.05, 0.1) is 19.4 Å². The van der Waals surface area contributed by atoms with E-state index in [-0.39, 0.29) is 0 Å². The Balaban J connectivity index is 1.79. The van der Waals surface area contributed by atoms with Crippen LogP contribution in [0.4, 0.5) is 0 Å². The lowest BCUT2D eigenvalue weighted by molar-refractivity contribution is -0.0786. The minimum atomic E-state index is -1.22. The summed E-state index contributed by atoms with van der Waals surface area (Å²) >= 11 is 1.26. The number of methoxy groups -OCH3 is 1. The molecule has 0 unspecified atom stereocenters. The highest BCUT2D eigenvalue weighted by Gasteiger charge is 2.38. The van der Waals surface area contributed by atoms with Crippen molar-refractivity contribution in [2.75, 3.05) is 12.9 Å². The molecule has 2 aromatic rings. The van der Waals surface area contributed by atoms with Crippen molar-refractivity contribution in [3.05, 3.63) is 42.2 Å². The zero-order chi connectivity index (χ0) is 18.0. The van der Waals surface area contributed by atoms with Gasteiger partial charge in [-0.1, -0.05) is 6.07 Å². The highest BCUT2D eigenvalue weighted by Crippen LogP contribution is 2.31. The third kappa shape index (κ3) is 3.90. The van der Waals surface area contributed by atoms with Gasteiger partial charge in [-0.3, -0.25) is 4.98 Å². The Morgan fingerprint density at radius 2 is 1.88 bits per heavy atom. The van der Waals surface area contributed by atoms with Gasteiger partial charge in [0.15, 0.2) is 5.44 Å². The minimum absolute atomic E-state index is 0.299. The number of ether oxygens (including phenoxy) is 2. The van der Waals surface area contributed by atoms with Crippen molar-refractivity contribution in [3.63, 3.8) is 0 Å². The largest absolute Gasteiger partial charge is 0.496 e. The predicted octanol–water partition coefficient (Wildman–Crippen LogP) is 1.60. The van der Waals surface area contributed by atoms with Crippen LogP contribution >= 0.6 is 11.8 Å². The van der Waals surface area contributed by atoms with E-state index < -0.39 is 23.7 Å². The van der Waals surface area contributed by atoms with Crippen molar-refractivity contribution < 1.29 is 24.8 Å². The van der Waals surface area contributed by atoms with E-state index in [0.717, 1.165) is 22.4 Å². The van der Waals surface area contributed by atoms with Gasteiger partial charge in [-0.15, -0.1) is 11.8 Å². The molecule has 1 aliphatic rings. The third-order valence-corrected chi connectivity index (χ3v) is 5.39. The van der Waals surface area contributed by atoms with Gasteiger partial charge in [0, 0.05) is 17.5 Å². The van der Waals surface area contributed by atoms with Gasteiger partial charge < -0.3 is 24.8 Å². The average Bonchev–Trinajstić information content (AvgIpc) is 2.62. The van der Waals surface area contributed by atoms with Gasteiger partial charge in [-0.25, -0.2) is 0 Å². The molecule has 1 fully saturated rings. The Kier molecular flexibility index (Phi) is 5.48. The van der Waals surface area contributed by atoms with Crippen LogP contribution in [0.5, 0.6) is 11.5 Å². The number of hydrogen-bond acceptors (Lipinski definition) is 7. The van der Waals surface area contributed by atoms with Crippen molar-refractivity contribution in [2.45, 2.75) is 30.7 Å². The molecule has 25 heavy (non-hydrogen) atoms. The fraction of sp³-hybridized carbons (Fsp3) is 0.389. The molecule has 6 nitrogen and oxygen atoms in total. The molecule has 4 atom stereocenters. The molecule has 1 aromatic carbocycles. The van der Waals surface area contributed by atoms with E-state index in [4.69, 9.17) is 9.47 Å². The smallest absolute Gasteiger partial charge is 0.173 e. The molecule has 3 rings (SSSR count). The number of pyridine rings is 1. The molecule has 0 aliphatic carbocycles. The summed E-state index contributed by atoms with van der Waals surface area (Å²) in [6.07, 6.45) is -0.0410. The molecule has 134 valence electrons. The number of nitrogens with zero attached hydrogens (tertiary/aromatic N) is 1. The zero-order valence-corrected chi connectivity index (χ0v) is 14.8. The van der Waals surface area contributed by atoms with Crippen LogP contribution < -0.4 is 9.47 Å². The van der Waals surface area contributed by atoms with Gasteiger partial charge >= 0.3 is 0 Å². The Labute approximate surface area is 150 Å². The molecule has 0 saturated carbocycles. The highest BCUT2D eigenvalue weighted by molar-refractivity contribution is 7.99. The fourth-order valence-corrected chi connectivity index (χ4v) is 3.84. The van der Waals surface area contributed by atoms with E-state index in [0.29, 0.717) is 11.5 Å². The van der Waals surface area contributed by atoms with E-state index in [2.05, 4.69) is 4.98 Å². The van der Waals surface area contributed by atoms with Gasteiger partial charge in [-0.05, 0) is 36.2 Å². The zero-order valence-electron chi connectivity index (χ0n) is 14.0. The predicted molar refractivity (Wildman–Crippen MR) is 95.9 cm³/mol. The van der Waals surface area contributed by atoms with E-state index in [1.165, 1.54) is 11.8 Å². The number of aliphatic hydroxyl groups excluding tert-OH is 3. The van der Waals surface area contributed by atoms with Crippen LogP contribution in [-0.4, -0.2) is 56.9 Å². The van der Waals surface area contributed by atoms with Crippen molar-refractivity contribution in [1.82, 2.24) is 4.98 Å². The maximum Gasteiger partial charge on any atom is 0.173 e. The lowest BCUT2D eigenvalue weighted by atomic mass is 10.0. The standard InChI is InChI=1S/C18H21NO5S/c1-10-5-11(3-4-15(10)23-2)12-6-13(8-19-7-12)24-18-17(22)16(21)14(20)9-25-18/h3-8,14,16-18,20-22H,9H2,1-2H3/t14-,16+,17-,18+/m1/s1. The summed E-state index contributed by atoms with van der Waals surface area (Å²) in [5.41, 5.74) is 2.21. The summed E-state index contributed by atoms with van der Waals surface area (Å²) in [5.74, 6) is 1.61. The molecule has 7 heteroatoms. The van der Waals surface area contributed by atoms with E-state index in [1.54, 1.807) is 19.5 Å². The number of aryl methyl sites for hydroxylation is 1. The maximum absolute atomic E-state index is 10.1. The van der Waals surface area contributed by atoms with Crippen LogP contribution in [0.1, 0.15) is 5.56 Å². The topological polar surface area (TPSA) is 92.0 Å². The highest BCUT2D eigenvalue weighted by atomic mass is 32.2. The third-order valence-electron chi connectivity index (χ3n) is 4.15. The van der Waals surface area contributed by atoms with Gasteiger partial charge in [0.2, 0.25) is 0 Å². The van der Waals surface area contributed by atoms with E-state index in [9.17, 15) is 15.3 Å². The maximum atomic E-state index is 10.1. The number of hydrogen-bond donors (Lipinski definition) is 3. The molecule has 0 radical (unpaired) electrons. The molecule has 0 spiro atoms. The summed E-state index contributed by atoms with van der Waals surface area (Å²) in [6.45, 7) is 1.97. The second-order valence-electron chi connectivity index (χ2n) is 5.96. The Morgan fingerprint density at radius 3 is 2.60 bits per heavy atom. The molecule has 3 N–H and O–H groups in total. The van der Waals surface area contributed by atoms with Crippen molar-refractivity contribution in [1.29, 1.82) is 0 Å². The molecule has 1 aliphatic heterocycles. The second kappa shape index (κ2) is 7.61. The molecule has 0 bridgehead atoms. The van der Waals surface area contributed by atoms with E-state index >= 15 is 0 Å². The Hall–Kier alpha value is -1.80. The molecule has 1 saturated heterocycles. The molecule has 2 heterocycles. The SMILES string of the molecule is COc1ccc(-c2cncc(O[C@H]3SC[C@@H](O)[C@H](O)[C@H]3O)c2)cc1C. The van der Waals surface area contributed by atoms with Crippen LogP contribution in [0.15, 0.2) is 36.7 Å². The first-order valence-electron chi connectivity index (χ1n) is 7.92. The summed E-state index contributed by atoms with van der Waals surface area (Å²) in [5, 5.41) is 29.4. The summed E-state index contributed by atoms with van der Waals surface area (Å²) in [4.78, 5) is 4.20. The van der Waals surface area contributed by atoms with E-state index in [1.807, 2.05) is 31.2 Å². The monoisotopic (exact) mass is 363 g/mol. The van der Waals surface area contributed by atoms with Crippen LogP contribution in [0, 0.1) is 6.92 Å². The Bertz CT molecular complexity index is 741. The number of rotatable bonds is 4. The van der Waals surface area contributed by atoms with Crippen molar-refractivity contribution in [3.8, 4) is 22.6 Å². The van der Waals surface area contributed by atoms with Crippen molar-refractivity contribution in [2.24, 2.45) is 0 Å². The number of thioether (sulfide) groups is 1. The Morgan fingerprint density at radius 1 is 1.08 bits per heavy atom. The fourth-order valence-electron chi connectivity index (χ4n) is 2.72. The summed E-state index contributed by atoms with van der Waals surface area (Å²) in [7, 11) is 1.64. The molecular formula is C18H21NO5S. The number of benzene rings is 1. The van der Waals surface area contributed by atoms with Gasteiger partial charge in [0.25, 0.3) is 0 Å². The van der Waals surface area contributed by atoms with Crippen LogP contribution in [-0.2, 0) is 0 Å². The second-order valence-corrected chi connectivity index (χ2v) is 7.09. The first-order valence-corrected chi connectivity index (χ1v) is 8.97. The van der Waals surface area contributed by atoms with Gasteiger partial charge in [-0.2, -0.15) is 0 Å². The molecular weight excluding hydrogens is 342 g/mol. The first-order chi connectivity index (χ1) is 12.0. The molecule has 1 aromatic heterocycles. The average molecular weight is 363 g/mol.